The zero-order valence-corrected chi connectivity index (χ0v) is 9.89. The minimum Gasteiger partial charge on any atom is -0.391 e. The van der Waals surface area contributed by atoms with E-state index in [1.807, 2.05) is 7.05 Å². The molecule has 0 radical (unpaired) electrons. The van der Waals surface area contributed by atoms with Crippen molar-refractivity contribution in [3.63, 3.8) is 0 Å². The quantitative estimate of drug-likeness (QED) is 0.734. The number of β-amino-alcohol motifs (C(OH)–C–C–N with tert-alkyl or cyclic N) is 1. The van der Waals surface area contributed by atoms with Crippen LogP contribution in [0.15, 0.2) is 10.2 Å². The zero-order valence-electron chi connectivity index (χ0n) is 7.73. The molecule has 0 saturated carbocycles. The first-order valence-electron chi connectivity index (χ1n) is 4.46. The summed E-state index contributed by atoms with van der Waals surface area (Å²) in [4.78, 5) is 2.08. The predicted octanol–water partition coefficient (Wildman–Crippen LogP) is 0.609. The second kappa shape index (κ2) is 5.29. The highest BCUT2D eigenvalue weighted by Crippen LogP contribution is 2.21. The molecule has 0 spiro atoms. The van der Waals surface area contributed by atoms with Gasteiger partial charge >= 0.3 is 0 Å². The summed E-state index contributed by atoms with van der Waals surface area (Å²) < 4.78 is 1.80. The molecule has 4 heteroatoms. The van der Waals surface area contributed by atoms with Crippen LogP contribution in [0.4, 0.5) is 0 Å². The molecule has 1 fully saturated rings. The Morgan fingerprint density at radius 3 is 2.85 bits per heavy atom. The number of likely N-dealkylation sites (tertiary alicyclic amines) is 1. The summed E-state index contributed by atoms with van der Waals surface area (Å²) in [6.07, 6.45) is 1.70. The molecule has 1 aliphatic rings. The highest BCUT2D eigenvalue weighted by Gasteiger charge is 2.29. The average molecular weight is 299 g/mol. The minimum atomic E-state index is -0.499. The van der Waals surface area contributed by atoms with E-state index in [-0.39, 0.29) is 5.92 Å². The minimum absolute atomic E-state index is 0.00205. The van der Waals surface area contributed by atoms with E-state index in [1.54, 1.807) is 10.2 Å². The van der Waals surface area contributed by atoms with Gasteiger partial charge < -0.3 is 15.1 Å². The summed E-state index contributed by atoms with van der Waals surface area (Å²) >= 11 is 2.08. The van der Waals surface area contributed by atoms with Crippen LogP contribution in [-0.2, 0) is 0 Å². The molecule has 1 heterocycles. The summed E-state index contributed by atoms with van der Waals surface area (Å²) in [7, 11) is 1.99. The predicted molar refractivity (Wildman–Crippen MR) is 60.8 cm³/mol. The van der Waals surface area contributed by atoms with E-state index < -0.39 is 12.2 Å². The fourth-order valence-corrected chi connectivity index (χ4v) is 2.15. The molecule has 3 unspecified atom stereocenters. The summed E-state index contributed by atoms with van der Waals surface area (Å²) in [5.74, 6) is 0.00205. The van der Waals surface area contributed by atoms with E-state index in [2.05, 4.69) is 27.5 Å². The second-order valence-electron chi connectivity index (χ2n) is 3.59. The summed E-state index contributed by atoms with van der Waals surface area (Å²) in [5.41, 5.74) is 0. The number of halogens is 1. The molecule has 0 aromatic rings. The molecule has 3 atom stereocenters. The molecule has 2 N–H and O–H groups in total. The lowest BCUT2D eigenvalue weighted by molar-refractivity contribution is -0.0162. The monoisotopic (exact) mass is 299 g/mol. The number of aliphatic hydroxyl groups excluding tert-OH is 2. The number of piperidine rings is 1. The van der Waals surface area contributed by atoms with Gasteiger partial charge in [-0.1, -0.05) is 22.6 Å². The van der Waals surface area contributed by atoms with E-state index in [9.17, 15) is 10.2 Å². The van der Waals surface area contributed by atoms with Crippen LogP contribution in [0.5, 0.6) is 0 Å². The first-order chi connectivity index (χ1) is 6.15. The van der Waals surface area contributed by atoms with Crippen LogP contribution in [0.2, 0.25) is 0 Å². The second-order valence-corrected chi connectivity index (χ2v) is 4.31. The first kappa shape index (κ1) is 11.4. The van der Waals surface area contributed by atoms with Crippen molar-refractivity contribution in [2.45, 2.75) is 18.6 Å². The van der Waals surface area contributed by atoms with Gasteiger partial charge in [-0.25, -0.2) is 0 Å². The molecule has 1 saturated heterocycles. The molecular weight excluding hydrogens is 283 g/mol. The standard InChI is InChI=1S/C9H16INO2/c1-11-5-3-7(9(13)6-11)8(12)2-4-10/h2,4,7-9,12-13H,3,5-6H2,1H3/i1+2. The molecule has 1 aliphatic heterocycles. The summed E-state index contributed by atoms with van der Waals surface area (Å²) in [6, 6.07) is 0. The lowest BCUT2D eigenvalue weighted by Crippen LogP contribution is -2.45. The van der Waals surface area contributed by atoms with Gasteiger partial charge in [-0.3, -0.25) is 0 Å². The molecule has 0 aliphatic carbocycles. The number of likely N-dealkylation sites (N-methyl/N-ethyl adjacent to an activating group) is 1. The Bertz CT molecular complexity index is 186. The third kappa shape index (κ3) is 3.19. The Morgan fingerprint density at radius 2 is 2.31 bits per heavy atom. The summed E-state index contributed by atoms with van der Waals surface area (Å²) in [6.45, 7) is 1.62. The molecule has 3 nitrogen and oxygen atoms in total. The Hall–Kier alpha value is 0.350. The topological polar surface area (TPSA) is 43.7 Å². The van der Waals surface area contributed by atoms with Crippen LogP contribution in [0.1, 0.15) is 6.42 Å². The highest BCUT2D eigenvalue weighted by molar-refractivity contribution is 14.1. The Morgan fingerprint density at radius 1 is 1.62 bits per heavy atom. The Balaban J connectivity index is 2.50. The van der Waals surface area contributed by atoms with Crippen LogP contribution in [-0.4, -0.2) is 47.5 Å². The molecule has 0 aromatic carbocycles. The smallest absolute Gasteiger partial charge is 0.0782 e. The maximum absolute atomic E-state index is 9.70. The van der Waals surface area contributed by atoms with Crippen molar-refractivity contribution in [3.8, 4) is 0 Å². The number of nitrogens with zero attached hydrogens (tertiary/aromatic N) is 1. The van der Waals surface area contributed by atoms with Gasteiger partial charge in [0, 0.05) is 12.5 Å². The molecule has 76 valence electrons. The number of aliphatic hydroxyl groups is 2. The van der Waals surface area contributed by atoms with Crippen molar-refractivity contribution in [1.82, 2.24) is 4.90 Å². The highest BCUT2D eigenvalue weighted by atomic mass is 127. The van der Waals surface area contributed by atoms with E-state index in [4.69, 9.17) is 0 Å². The van der Waals surface area contributed by atoms with Crippen LogP contribution in [0.3, 0.4) is 0 Å². The number of hydrogen-bond donors (Lipinski definition) is 2. The van der Waals surface area contributed by atoms with E-state index in [0.29, 0.717) is 6.54 Å². The largest absolute Gasteiger partial charge is 0.391 e. The molecule has 0 bridgehead atoms. The normalized spacial score (nSPS) is 33.8. The van der Waals surface area contributed by atoms with Gasteiger partial charge in [0.15, 0.2) is 0 Å². The van der Waals surface area contributed by atoms with Gasteiger partial charge in [0.2, 0.25) is 0 Å². The van der Waals surface area contributed by atoms with Crippen LogP contribution >= 0.6 is 22.6 Å². The van der Waals surface area contributed by atoms with E-state index in [1.165, 1.54) is 0 Å². The van der Waals surface area contributed by atoms with Crippen molar-refractivity contribution in [3.05, 3.63) is 10.2 Å². The summed E-state index contributed by atoms with van der Waals surface area (Å²) in [5, 5.41) is 19.4. The van der Waals surface area contributed by atoms with Crippen molar-refractivity contribution in [2.24, 2.45) is 5.92 Å². The van der Waals surface area contributed by atoms with Crippen LogP contribution in [0.25, 0.3) is 0 Å². The zero-order chi connectivity index (χ0) is 9.84. The molecule has 1 rings (SSSR count). The first-order valence-corrected chi connectivity index (χ1v) is 5.71. The number of rotatable bonds is 2. The fourth-order valence-electron chi connectivity index (χ4n) is 1.72. The van der Waals surface area contributed by atoms with Crippen LogP contribution < -0.4 is 0 Å². The van der Waals surface area contributed by atoms with Gasteiger partial charge in [0.25, 0.3) is 0 Å². The molecular formula is C9H16INO2. The van der Waals surface area contributed by atoms with E-state index >= 15 is 0 Å². The van der Waals surface area contributed by atoms with Crippen molar-refractivity contribution >= 4 is 22.6 Å². The van der Waals surface area contributed by atoms with Gasteiger partial charge in [0.05, 0.1) is 12.2 Å². The lowest BCUT2D eigenvalue weighted by atomic mass is 9.89. The third-order valence-electron chi connectivity index (χ3n) is 2.55. The average Bonchev–Trinajstić information content (AvgIpc) is 2.04. The Kier molecular flexibility index (Phi) is 4.64. The van der Waals surface area contributed by atoms with Gasteiger partial charge in [-0.2, -0.15) is 0 Å². The SMILES string of the molecule is [14CH3]N1CCC(C(O)C=CI)C(O)C1. The molecule has 0 amide bonds. The van der Waals surface area contributed by atoms with Crippen molar-refractivity contribution < 1.29 is 10.2 Å². The lowest BCUT2D eigenvalue weighted by Gasteiger charge is -2.35. The maximum atomic E-state index is 9.70. The number of hydrogen-bond acceptors (Lipinski definition) is 3. The van der Waals surface area contributed by atoms with Crippen LogP contribution in [0, 0.1) is 5.92 Å². The molecule has 0 aromatic heterocycles. The van der Waals surface area contributed by atoms with Crippen molar-refractivity contribution in [2.75, 3.05) is 20.1 Å². The van der Waals surface area contributed by atoms with Gasteiger partial charge in [-0.05, 0) is 30.2 Å². The maximum Gasteiger partial charge on any atom is 0.0782 e. The van der Waals surface area contributed by atoms with Crippen molar-refractivity contribution in [1.29, 1.82) is 0 Å². The molecule has 13 heavy (non-hydrogen) atoms. The van der Waals surface area contributed by atoms with E-state index in [0.717, 1.165) is 13.0 Å². The third-order valence-corrected chi connectivity index (χ3v) is 2.96. The Labute approximate surface area is 92.6 Å². The van der Waals surface area contributed by atoms with Gasteiger partial charge in [0.1, 0.15) is 0 Å². The fraction of sp³-hybridized carbons (Fsp3) is 0.778. The van der Waals surface area contributed by atoms with Gasteiger partial charge in [-0.15, -0.1) is 0 Å².